The summed E-state index contributed by atoms with van der Waals surface area (Å²) in [7, 11) is 0. The Balaban J connectivity index is 1.99. The molecule has 1 heterocycles. The van der Waals surface area contributed by atoms with Crippen molar-refractivity contribution in [1.29, 1.82) is 0 Å². The maximum Gasteiger partial charge on any atom is 0.236 e. The summed E-state index contributed by atoms with van der Waals surface area (Å²) in [6, 6.07) is 0. The van der Waals surface area contributed by atoms with Crippen molar-refractivity contribution in [3.63, 3.8) is 0 Å². The molecule has 2 aliphatic rings. The van der Waals surface area contributed by atoms with Crippen LogP contribution in [0, 0.1) is 0 Å². The predicted molar refractivity (Wildman–Crippen MR) is 63.9 cm³/mol. The van der Waals surface area contributed by atoms with Gasteiger partial charge >= 0.3 is 0 Å². The van der Waals surface area contributed by atoms with Gasteiger partial charge < -0.3 is 10.6 Å². The van der Waals surface area contributed by atoms with E-state index in [1.54, 1.807) is 0 Å². The van der Waals surface area contributed by atoms with E-state index in [4.69, 9.17) is 5.73 Å². The van der Waals surface area contributed by atoms with Crippen molar-refractivity contribution in [2.24, 2.45) is 5.73 Å². The molecule has 1 amide bonds. The maximum atomic E-state index is 11.6. The molecule has 2 rings (SSSR count). The van der Waals surface area contributed by atoms with Crippen LogP contribution in [-0.4, -0.2) is 40.9 Å². The van der Waals surface area contributed by atoms with Gasteiger partial charge in [0.25, 0.3) is 0 Å². The van der Waals surface area contributed by atoms with Crippen LogP contribution in [0.2, 0.25) is 0 Å². The topological polar surface area (TPSA) is 46.3 Å². The normalized spacial score (nSPS) is 25.5. The van der Waals surface area contributed by atoms with Crippen LogP contribution in [0.25, 0.3) is 0 Å². The van der Waals surface area contributed by atoms with Crippen LogP contribution >= 0.6 is 11.8 Å². The van der Waals surface area contributed by atoms with Crippen molar-refractivity contribution in [2.75, 3.05) is 25.4 Å². The van der Waals surface area contributed by atoms with Crippen LogP contribution in [0.3, 0.4) is 0 Å². The minimum Gasteiger partial charge on any atom is -0.339 e. The van der Waals surface area contributed by atoms with Crippen LogP contribution < -0.4 is 5.73 Å². The van der Waals surface area contributed by atoms with Gasteiger partial charge in [0, 0.05) is 23.6 Å². The van der Waals surface area contributed by atoms with Crippen LogP contribution in [0.15, 0.2) is 0 Å². The number of nitrogens with two attached hydrogens (primary N) is 1. The van der Waals surface area contributed by atoms with E-state index in [1.165, 1.54) is 32.1 Å². The molecule has 86 valence electrons. The molecule has 0 atom stereocenters. The quantitative estimate of drug-likeness (QED) is 0.734. The zero-order valence-electron chi connectivity index (χ0n) is 9.21. The number of rotatable bonds is 1. The summed E-state index contributed by atoms with van der Waals surface area (Å²) in [5.41, 5.74) is 5.42. The highest BCUT2D eigenvalue weighted by Crippen LogP contribution is 2.42. The Labute approximate surface area is 95.8 Å². The van der Waals surface area contributed by atoms with Crippen molar-refractivity contribution < 1.29 is 4.79 Å². The van der Waals surface area contributed by atoms with E-state index in [0.717, 1.165) is 18.8 Å². The lowest BCUT2D eigenvalue weighted by molar-refractivity contribution is -0.130. The van der Waals surface area contributed by atoms with Crippen molar-refractivity contribution in [1.82, 2.24) is 4.90 Å². The Morgan fingerprint density at radius 1 is 1.33 bits per heavy atom. The SMILES string of the molecule is NCC(=O)N1CCSC2(CCCCC2)C1. The molecule has 3 nitrogen and oxygen atoms in total. The zero-order valence-corrected chi connectivity index (χ0v) is 10.0. The first-order chi connectivity index (χ1) is 7.26. The van der Waals surface area contributed by atoms with E-state index < -0.39 is 0 Å². The summed E-state index contributed by atoms with van der Waals surface area (Å²) in [6.07, 6.45) is 6.60. The molecule has 15 heavy (non-hydrogen) atoms. The third-order valence-electron chi connectivity index (χ3n) is 3.54. The lowest BCUT2D eigenvalue weighted by Crippen LogP contribution is -2.51. The summed E-state index contributed by atoms with van der Waals surface area (Å²) < 4.78 is 0.376. The van der Waals surface area contributed by atoms with E-state index in [2.05, 4.69) is 11.8 Å². The van der Waals surface area contributed by atoms with Crippen LogP contribution in [0.5, 0.6) is 0 Å². The molecule has 2 N–H and O–H groups in total. The van der Waals surface area contributed by atoms with Gasteiger partial charge in [0.1, 0.15) is 0 Å². The summed E-state index contributed by atoms with van der Waals surface area (Å²) in [5, 5.41) is 0. The fourth-order valence-corrected chi connectivity index (χ4v) is 4.25. The number of carbonyl (C=O) groups is 1. The molecule has 0 aromatic rings. The molecule has 0 unspecified atom stereocenters. The fourth-order valence-electron chi connectivity index (χ4n) is 2.69. The molecule has 0 radical (unpaired) electrons. The molecule has 0 aromatic heterocycles. The molecule has 4 heteroatoms. The second-order valence-electron chi connectivity index (χ2n) is 4.61. The summed E-state index contributed by atoms with van der Waals surface area (Å²) >= 11 is 2.08. The minimum atomic E-state index is 0.125. The van der Waals surface area contributed by atoms with Gasteiger partial charge in [-0.3, -0.25) is 4.79 Å². The average molecular weight is 228 g/mol. The second kappa shape index (κ2) is 4.74. The van der Waals surface area contributed by atoms with Gasteiger partial charge in [-0.1, -0.05) is 19.3 Å². The van der Waals surface area contributed by atoms with Crippen molar-refractivity contribution in [2.45, 2.75) is 36.9 Å². The minimum absolute atomic E-state index is 0.125. The first kappa shape index (κ1) is 11.3. The summed E-state index contributed by atoms with van der Waals surface area (Å²) in [5.74, 6) is 1.21. The van der Waals surface area contributed by atoms with Gasteiger partial charge in [0.15, 0.2) is 0 Å². The zero-order chi connectivity index (χ0) is 10.7. The molecule has 1 aliphatic heterocycles. The van der Waals surface area contributed by atoms with Gasteiger partial charge in [-0.25, -0.2) is 0 Å². The third kappa shape index (κ3) is 2.48. The lowest BCUT2D eigenvalue weighted by atomic mass is 9.87. The number of thioether (sulfide) groups is 1. The van der Waals surface area contributed by atoms with Gasteiger partial charge in [0.05, 0.1) is 6.54 Å². The second-order valence-corrected chi connectivity index (χ2v) is 6.17. The first-order valence-electron chi connectivity index (χ1n) is 5.88. The largest absolute Gasteiger partial charge is 0.339 e. The molecule has 2 fully saturated rings. The Kier molecular flexibility index (Phi) is 3.57. The number of hydrogen-bond donors (Lipinski definition) is 1. The highest BCUT2D eigenvalue weighted by Gasteiger charge is 2.38. The van der Waals surface area contributed by atoms with E-state index in [0.29, 0.717) is 4.75 Å². The van der Waals surface area contributed by atoms with Gasteiger partial charge in [0.2, 0.25) is 5.91 Å². The highest BCUT2D eigenvalue weighted by molar-refractivity contribution is 8.00. The molecule has 1 spiro atoms. The summed E-state index contributed by atoms with van der Waals surface area (Å²) in [6.45, 7) is 2.00. The highest BCUT2D eigenvalue weighted by atomic mass is 32.2. The molecule has 1 saturated heterocycles. The number of carbonyl (C=O) groups excluding carboxylic acids is 1. The first-order valence-corrected chi connectivity index (χ1v) is 6.86. The molecular weight excluding hydrogens is 208 g/mol. The molecule has 1 aliphatic carbocycles. The fraction of sp³-hybridized carbons (Fsp3) is 0.909. The van der Waals surface area contributed by atoms with Gasteiger partial charge in [-0.05, 0) is 12.8 Å². The van der Waals surface area contributed by atoms with E-state index in [1.807, 2.05) is 4.90 Å². The standard InChI is InChI=1S/C11H20N2OS/c12-8-10(14)13-6-7-15-11(9-13)4-2-1-3-5-11/h1-9,12H2. The number of hydrogen-bond acceptors (Lipinski definition) is 3. The van der Waals surface area contributed by atoms with Crippen molar-refractivity contribution in [3.8, 4) is 0 Å². The average Bonchev–Trinajstić information content (AvgIpc) is 2.29. The Morgan fingerprint density at radius 2 is 2.07 bits per heavy atom. The number of amides is 1. The monoisotopic (exact) mass is 228 g/mol. The van der Waals surface area contributed by atoms with Crippen molar-refractivity contribution in [3.05, 3.63) is 0 Å². The Hall–Kier alpha value is -0.220. The smallest absolute Gasteiger partial charge is 0.236 e. The van der Waals surface area contributed by atoms with Crippen LogP contribution in [0.1, 0.15) is 32.1 Å². The van der Waals surface area contributed by atoms with Crippen LogP contribution in [-0.2, 0) is 4.79 Å². The predicted octanol–water partition coefficient (Wildman–Crippen LogP) is 1.22. The van der Waals surface area contributed by atoms with Crippen LogP contribution in [0.4, 0.5) is 0 Å². The van der Waals surface area contributed by atoms with E-state index in [-0.39, 0.29) is 12.5 Å². The number of nitrogens with zero attached hydrogens (tertiary/aromatic N) is 1. The maximum absolute atomic E-state index is 11.6. The Bertz CT molecular complexity index is 233. The van der Waals surface area contributed by atoms with Gasteiger partial charge in [-0.2, -0.15) is 11.8 Å². The molecular formula is C11H20N2OS. The lowest BCUT2D eigenvalue weighted by Gasteiger charge is -2.44. The molecule has 0 bridgehead atoms. The Morgan fingerprint density at radius 3 is 2.73 bits per heavy atom. The van der Waals surface area contributed by atoms with E-state index >= 15 is 0 Å². The molecule has 1 saturated carbocycles. The third-order valence-corrected chi connectivity index (χ3v) is 5.08. The van der Waals surface area contributed by atoms with Crippen molar-refractivity contribution >= 4 is 17.7 Å². The molecule has 0 aromatic carbocycles. The summed E-state index contributed by atoms with van der Waals surface area (Å²) in [4.78, 5) is 13.6. The van der Waals surface area contributed by atoms with Gasteiger partial charge in [-0.15, -0.1) is 0 Å². The van der Waals surface area contributed by atoms with E-state index in [9.17, 15) is 4.79 Å².